The molecule has 4 heteroatoms. The SMILES string of the molecule is CC(CC(N)=O)NCc1ccc2c(c1)CC(C)(C)O2. The van der Waals surface area contributed by atoms with Crippen molar-refractivity contribution in [1.29, 1.82) is 0 Å². The van der Waals surface area contributed by atoms with Crippen molar-refractivity contribution in [2.24, 2.45) is 5.73 Å². The van der Waals surface area contributed by atoms with Gasteiger partial charge in [-0.05, 0) is 38.0 Å². The second-order valence-corrected chi connectivity index (χ2v) is 5.93. The molecule has 1 amide bonds. The number of ether oxygens (including phenoxy) is 1. The van der Waals surface area contributed by atoms with Crippen molar-refractivity contribution in [2.75, 3.05) is 0 Å². The summed E-state index contributed by atoms with van der Waals surface area (Å²) in [6.07, 6.45) is 1.30. The first-order chi connectivity index (χ1) is 8.85. The Morgan fingerprint density at radius 1 is 1.53 bits per heavy atom. The Morgan fingerprint density at radius 2 is 2.26 bits per heavy atom. The normalized spacial score (nSPS) is 17.6. The molecule has 0 bridgehead atoms. The number of amides is 1. The molecule has 0 saturated heterocycles. The third-order valence-electron chi connectivity index (χ3n) is 3.29. The number of nitrogens with two attached hydrogens (primary N) is 1. The molecule has 0 aromatic heterocycles. The topological polar surface area (TPSA) is 64.4 Å². The Morgan fingerprint density at radius 3 is 2.95 bits per heavy atom. The molecule has 0 saturated carbocycles. The molecule has 19 heavy (non-hydrogen) atoms. The predicted octanol–water partition coefficient (Wildman–Crippen LogP) is 1.75. The van der Waals surface area contributed by atoms with Crippen LogP contribution in [0.15, 0.2) is 18.2 Å². The summed E-state index contributed by atoms with van der Waals surface area (Å²) in [4.78, 5) is 10.8. The first-order valence-corrected chi connectivity index (χ1v) is 6.68. The Kier molecular flexibility index (Phi) is 3.80. The van der Waals surface area contributed by atoms with Gasteiger partial charge in [-0.3, -0.25) is 4.79 Å². The van der Waals surface area contributed by atoms with Gasteiger partial charge in [0.15, 0.2) is 0 Å². The Bertz CT molecular complexity index is 483. The van der Waals surface area contributed by atoms with Gasteiger partial charge in [-0.25, -0.2) is 0 Å². The number of hydrogen-bond acceptors (Lipinski definition) is 3. The zero-order valence-electron chi connectivity index (χ0n) is 11.8. The quantitative estimate of drug-likeness (QED) is 0.849. The van der Waals surface area contributed by atoms with Crippen LogP contribution in [0.2, 0.25) is 0 Å². The van der Waals surface area contributed by atoms with Gasteiger partial charge in [-0.15, -0.1) is 0 Å². The number of hydrogen-bond donors (Lipinski definition) is 2. The van der Waals surface area contributed by atoms with Crippen LogP contribution in [0.4, 0.5) is 0 Å². The monoisotopic (exact) mass is 262 g/mol. The van der Waals surface area contributed by atoms with Crippen LogP contribution in [0.25, 0.3) is 0 Å². The molecule has 0 aliphatic carbocycles. The summed E-state index contributed by atoms with van der Waals surface area (Å²) in [6, 6.07) is 6.36. The van der Waals surface area contributed by atoms with Gasteiger partial charge in [-0.1, -0.05) is 12.1 Å². The van der Waals surface area contributed by atoms with Crippen molar-refractivity contribution in [3.8, 4) is 5.75 Å². The van der Waals surface area contributed by atoms with Crippen LogP contribution in [-0.2, 0) is 17.8 Å². The second-order valence-electron chi connectivity index (χ2n) is 5.93. The first-order valence-electron chi connectivity index (χ1n) is 6.68. The summed E-state index contributed by atoms with van der Waals surface area (Å²) in [5.41, 5.74) is 7.53. The summed E-state index contributed by atoms with van der Waals surface area (Å²) < 4.78 is 5.85. The Balaban J connectivity index is 1.95. The highest BCUT2D eigenvalue weighted by molar-refractivity contribution is 5.74. The summed E-state index contributed by atoms with van der Waals surface area (Å²) in [7, 11) is 0. The number of primary amides is 1. The average Bonchev–Trinajstić information content (AvgIpc) is 2.58. The first kappa shape index (κ1) is 13.9. The molecular weight excluding hydrogens is 240 g/mol. The number of benzene rings is 1. The highest BCUT2D eigenvalue weighted by Gasteiger charge is 2.29. The molecule has 1 aliphatic rings. The number of nitrogens with one attached hydrogen (secondary N) is 1. The van der Waals surface area contributed by atoms with Gasteiger partial charge < -0.3 is 15.8 Å². The lowest BCUT2D eigenvalue weighted by Gasteiger charge is -2.16. The number of carbonyl (C=O) groups is 1. The van der Waals surface area contributed by atoms with E-state index in [1.165, 1.54) is 11.1 Å². The van der Waals surface area contributed by atoms with Crippen molar-refractivity contribution in [2.45, 2.75) is 51.8 Å². The van der Waals surface area contributed by atoms with Crippen molar-refractivity contribution < 1.29 is 9.53 Å². The maximum atomic E-state index is 10.8. The molecule has 1 aliphatic heterocycles. The number of carbonyl (C=O) groups excluding carboxylic acids is 1. The van der Waals surface area contributed by atoms with Crippen molar-refractivity contribution in [3.63, 3.8) is 0 Å². The molecule has 0 radical (unpaired) electrons. The minimum atomic E-state index is -0.274. The molecule has 1 aromatic rings. The van der Waals surface area contributed by atoms with E-state index in [9.17, 15) is 4.79 Å². The summed E-state index contributed by atoms with van der Waals surface area (Å²) in [5.74, 6) is 0.711. The molecule has 0 fully saturated rings. The largest absolute Gasteiger partial charge is 0.487 e. The van der Waals surface area contributed by atoms with E-state index in [0.717, 1.165) is 18.7 Å². The standard InChI is InChI=1S/C15H22N2O2/c1-10(6-14(16)18)17-9-11-4-5-13-12(7-11)8-15(2,3)19-13/h4-5,7,10,17H,6,8-9H2,1-3H3,(H2,16,18). The third-order valence-corrected chi connectivity index (χ3v) is 3.29. The maximum absolute atomic E-state index is 10.8. The molecule has 4 nitrogen and oxygen atoms in total. The molecule has 3 N–H and O–H groups in total. The van der Waals surface area contributed by atoms with Crippen LogP contribution in [-0.4, -0.2) is 17.6 Å². The van der Waals surface area contributed by atoms with Crippen LogP contribution >= 0.6 is 0 Å². The fourth-order valence-electron chi connectivity index (χ4n) is 2.44. The summed E-state index contributed by atoms with van der Waals surface area (Å²) >= 11 is 0. The second kappa shape index (κ2) is 5.21. The molecule has 0 spiro atoms. The van der Waals surface area contributed by atoms with E-state index in [1.54, 1.807) is 0 Å². The summed E-state index contributed by atoms with van der Waals surface area (Å²) in [6.45, 7) is 6.90. The van der Waals surface area contributed by atoms with Crippen LogP contribution in [0, 0.1) is 0 Å². The van der Waals surface area contributed by atoms with Crippen LogP contribution in [0.1, 0.15) is 38.3 Å². The molecular formula is C15H22N2O2. The fourth-order valence-corrected chi connectivity index (χ4v) is 2.44. The van der Waals surface area contributed by atoms with Gasteiger partial charge in [0.25, 0.3) is 0 Å². The van der Waals surface area contributed by atoms with Gasteiger partial charge in [0.2, 0.25) is 5.91 Å². The van der Waals surface area contributed by atoms with E-state index in [4.69, 9.17) is 10.5 Å². The van der Waals surface area contributed by atoms with Crippen molar-refractivity contribution in [3.05, 3.63) is 29.3 Å². The lowest BCUT2D eigenvalue weighted by atomic mass is 10.00. The van der Waals surface area contributed by atoms with E-state index in [2.05, 4.69) is 31.3 Å². The zero-order chi connectivity index (χ0) is 14.0. The van der Waals surface area contributed by atoms with Crippen LogP contribution < -0.4 is 15.8 Å². The lowest BCUT2D eigenvalue weighted by molar-refractivity contribution is -0.118. The fraction of sp³-hybridized carbons (Fsp3) is 0.533. The number of rotatable bonds is 5. The van der Waals surface area contributed by atoms with Gasteiger partial charge in [-0.2, -0.15) is 0 Å². The molecule has 1 heterocycles. The molecule has 2 rings (SSSR count). The van der Waals surface area contributed by atoms with E-state index in [-0.39, 0.29) is 17.6 Å². The van der Waals surface area contributed by atoms with E-state index < -0.39 is 0 Å². The molecule has 1 atom stereocenters. The van der Waals surface area contributed by atoms with Crippen molar-refractivity contribution in [1.82, 2.24) is 5.32 Å². The van der Waals surface area contributed by atoms with E-state index in [1.807, 2.05) is 13.0 Å². The Hall–Kier alpha value is -1.55. The average molecular weight is 262 g/mol. The minimum absolute atomic E-state index is 0.0958. The smallest absolute Gasteiger partial charge is 0.218 e. The van der Waals surface area contributed by atoms with Gasteiger partial charge in [0.05, 0.1) is 0 Å². The summed E-state index contributed by atoms with van der Waals surface area (Å²) in [5, 5.41) is 3.30. The minimum Gasteiger partial charge on any atom is -0.487 e. The highest BCUT2D eigenvalue weighted by atomic mass is 16.5. The zero-order valence-corrected chi connectivity index (χ0v) is 11.8. The highest BCUT2D eigenvalue weighted by Crippen LogP contribution is 2.35. The molecule has 104 valence electrons. The molecule has 1 aromatic carbocycles. The predicted molar refractivity (Wildman–Crippen MR) is 75.0 cm³/mol. The maximum Gasteiger partial charge on any atom is 0.218 e. The number of fused-ring (bicyclic) bond motifs is 1. The van der Waals surface area contributed by atoms with Crippen molar-refractivity contribution >= 4 is 5.91 Å². The van der Waals surface area contributed by atoms with E-state index >= 15 is 0 Å². The van der Waals surface area contributed by atoms with Gasteiger partial charge in [0.1, 0.15) is 11.4 Å². The Labute approximate surface area is 114 Å². The lowest BCUT2D eigenvalue weighted by Crippen LogP contribution is -2.30. The van der Waals surface area contributed by atoms with Gasteiger partial charge in [0, 0.05) is 25.4 Å². The van der Waals surface area contributed by atoms with E-state index in [0.29, 0.717) is 6.42 Å². The third kappa shape index (κ3) is 3.70. The van der Waals surface area contributed by atoms with Crippen LogP contribution in [0.5, 0.6) is 5.75 Å². The van der Waals surface area contributed by atoms with Gasteiger partial charge >= 0.3 is 0 Å². The van der Waals surface area contributed by atoms with Crippen LogP contribution in [0.3, 0.4) is 0 Å². The molecule has 1 unspecified atom stereocenters.